The third kappa shape index (κ3) is 8.12. The van der Waals surface area contributed by atoms with E-state index in [-0.39, 0.29) is 4.90 Å². The zero-order valence-electron chi connectivity index (χ0n) is 16.1. The van der Waals surface area contributed by atoms with Gasteiger partial charge in [-0.15, -0.1) is 0 Å². The smallest absolute Gasteiger partial charge is 0.238 e. The van der Waals surface area contributed by atoms with Crippen molar-refractivity contribution < 1.29 is 17.6 Å². The quantitative estimate of drug-likeness (QED) is 0.295. The highest BCUT2D eigenvalue weighted by Crippen LogP contribution is 2.09. The summed E-state index contributed by atoms with van der Waals surface area (Å²) in [5, 5.41) is 11.7. The number of nitrogens with two attached hydrogens (primary N) is 1. The van der Waals surface area contributed by atoms with Gasteiger partial charge in [0.1, 0.15) is 5.76 Å². The van der Waals surface area contributed by atoms with Crippen LogP contribution in [-0.4, -0.2) is 41.2 Å². The molecule has 154 valence electrons. The van der Waals surface area contributed by atoms with Crippen molar-refractivity contribution in [1.82, 2.24) is 10.6 Å². The van der Waals surface area contributed by atoms with E-state index < -0.39 is 10.0 Å². The van der Waals surface area contributed by atoms with Gasteiger partial charge < -0.3 is 19.8 Å². The van der Waals surface area contributed by atoms with Crippen molar-refractivity contribution in [2.75, 3.05) is 26.8 Å². The molecule has 0 bridgehead atoms. The molecule has 0 aliphatic heterocycles. The molecule has 8 nitrogen and oxygen atoms in total. The Kier molecular flexibility index (Phi) is 8.99. The van der Waals surface area contributed by atoms with Gasteiger partial charge in [-0.1, -0.05) is 12.1 Å². The molecular weight excluding hydrogens is 380 g/mol. The van der Waals surface area contributed by atoms with Gasteiger partial charge >= 0.3 is 0 Å². The van der Waals surface area contributed by atoms with Crippen LogP contribution < -0.4 is 15.8 Å². The molecule has 9 heteroatoms. The maximum atomic E-state index is 11.3. The predicted molar refractivity (Wildman–Crippen MR) is 108 cm³/mol. The third-order valence-corrected chi connectivity index (χ3v) is 4.91. The topological polar surface area (TPSA) is 119 Å². The van der Waals surface area contributed by atoms with Crippen LogP contribution in [0.15, 0.2) is 57.0 Å². The highest BCUT2D eigenvalue weighted by atomic mass is 32.2. The summed E-state index contributed by atoms with van der Waals surface area (Å²) >= 11 is 0. The van der Waals surface area contributed by atoms with Crippen molar-refractivity contribution in [3.05, 3.63) is 54.0 Å². The standard InChI is InChI=1S/C19H28N4O4S/c1-26-13-3-2-11-21-19(22-12-10-17-5-4-14-27-17)23-15-16-6-8-18(9-7-16)28(20,24)25/h4-9,14H,2-3,10-13,15H2,1H3,(H2,20,24,25)(H2,21,22,23). The summed E-state index contributed by atoms with van der Waals surface area (Å²) in [6.45, 7) is 2.61. The van der Waals surface area contributed by atoms with Crippen molar-refractivity contribution in [2.45, 2.75) is 30.7 Å². The zero-order valence-corrected chi connectivity index (χ0v) is 16.9. The van der Waals surface area contributed by atoms with Crippen molar-refractivity contribution in [3.8, 4) is 0 Å². The summed E-state index contributed by atoms with van der Waals surface area (Å²) in [5.74, 6) is 1.60. The van der Waals surface area contributed by atoms with Crippen LogP contribution in [-0.2, 0) is 27.7 Å². The average Bonchev–Trinajstić information content (AvgIpc) is 3.18. The Morgan fingerprint density at radius 3 is 2.54 bits per heavy atom. The minimum absolute atomic E-state index is 0.0910. The lowest BCUT2D eigenvalue weighted by atomic mass is 10.2. The van der Waals surface area contributed by atoms with Gasteiger partial charge in [0.15, 0.2) is 5.96 Å². The second-order valence-electron chi connectivity index (χ2n) is 6.24. The lowest BCUT2D eigenvalue weighted by Crippen LogP contribution is -2.39. The Bertz CT molecular complexity index is 818. The number of unbranched alkanes of at least 4 members (excludes halogenated alkanes) is 1. The second-order valence-corrected chi connectivity index (χ2v) is 7.80. The molecule has 1 heterocycles. The number of hydrogen-bond acceptors (Lipinski definition) is 5. The van der Waals surface area contributed by atoms with E-state index in [9.17, 15) is 8.42 Å². The number of rotatable bonds is 11. The van der Waals surface area contributed by atoms with Crippen molar-refractivity contribution in [2.24, 2.45) is 10.1 Å². The maximum Gasteiger partial charge on any atom is 0.238 e. The molecule has 0 saturated heterocycles. The van der Waals surface area contributed by atoms with Crippen LogP contribution in [0.1, 0.15) is 24.2 Å². The highest BCUT2D eigenvalue weighted by molar-refractivity contribution is 7.89. The molecule has 0 aliphatic carbocycles. The van der Waals surface area contributed by atoms with Crippen molar-refractivity contribution in [1.29, 1.82) is 0 Å². The van der Waals surface area contributed by atoms with Gasteiger partial charge in [-0.3, -0.25) is 0 Å². The van der Waals surface area contributed by atoms with Gasteiger partial charge in [0.2, 0.25) is 10.0 Å². The third-order valence-electron chi connectivity index (χ3n) is 3.98. The summed E-state index contributed by atoms with van der Waals surface area (Å²) < 4.78 is 33.1. The molecule has 0 fully saturated rings. The Hall–Kier alpha value is -2.36. The first-order valence-electron chi connectivity index (χ1n) is 9.14. The second kappa shape index (κ2) is 11.5. The molecule has 0 radical (unpaired) electrons. The number of hydrogen-bond donors (Lipinski definition) is 3. The molecule has 2 aromatic rings. The summed E-state index contributed by atoms with van der Waals surface area (Å²) in [4.78, 5) is 4.67. The maximum absolute atomic E-state index is 11.3. The van der Waals surface area contributed by atoms with Gasteiger partial charge in [0.05, 0.1) is 17.7 Å². The number of primary sulfonamides is 1. The number of furan rings is 1. The molecule has 4 N–H and O–H groups in total. The monoisotopic (exact) mass is 408 g/mol. The van der Waals surface area contributed by atoms with Crippen LogP contribution in [0.5, 0.6) is 0 Å². The minimum Gasteiger partial charge on any atom is -0.469 e. The summed E-state index contributed by atoms with van der Waals surface area (Å²) in [6, 6.07) is 10.2. The molecule has 2 rings (SSSR count). The van der Waals surface area contributed by atoms with Crippen LogP contribution in [0.4, 0.5) is 0 Å². The van der Waals surface area contributed by atoms with E-state index in [1.807, 2.05) is 12.1 Å². The Morgan fingerprint density at radius 1 is 1.14 bits per heavy atom. The Morgan fingerprint density at radius 2 is 1.89 bits per heavy atom. The van der Waals surface area contributed by atoms with E-state index in [4.69, 9.17) is 14.3 Å². The molecule has 1 aromatic heterocycles. The van der Waals surface area contributed by atoms with Crippen LogP contribution in [0, 0.1) is 0 Å². The molecule has 0 spiro atoms. The Labute approximate surface area is 166 Å². The molecule has 0 aliphatic rings. The average molecular weight is 409 g/mol. The number of aliphatic imine (C=N–C) groups is 1. The molecule has 0 atom stereocenters. The predicted octanol–water partition coefficient (Wildman–Crippen LogP) is 1.63. The summed E-state index contributed by atoms with van der Waals surface area (Å²) in [7, 11) is -1.99. The van der Waals surface area contributed by atoms with Crippen LogP contribution in [0.25, 0.3) is 0 Å². The number of methoxy groups -OCH3 is 1. The van der Waals surface area contributed by atoms with E-state index in [1.54, 1.807) is 25.5 Å². The number of ether oxygens (including phenoxy) is 1. The van der Waals surface area contributed by atoms with E-state index in [1.165, 1.54) is 12.1 Å². The van der Waals surface area contributed by atoms with Crippen molar-refractivity contribution >= 4 is 16.0 Å². The molecule has 28 heavy (non-hydrogen) atoms. The number of nitrogens with zero attached hydrogens (tertiary/aromatic N) is 1. The lowest BCUT2D eigenvalue weighted by Gasteiger charge is -2.12. The van der Waals surface area contributed by atoms with Gasteiger partial charge in [0, 0.05) is 33.2 Å². The normalized spacial score (nSPS) is 12.1. The molecule has 0 unspecified atom stereocenters. The van der Waals surface area contributed by atoms with Gasteiger partial charge in [-0.25, -0.2) is 18.5 Å². The van der Waals surface area contributed by atoms with Crippen LogP contribution in [0.3, 0.4) is 0 Å². The molecule has 0 amide bonds. The molecule has 1 aromatic carbocycles. The van der Waals surface area contributed by atoms with E-state index >= 15 is 0 Å². The first kappa shape index (κ1) is 21.9. The SMILES string of the molecule is COCCCCNC(=NCc1ccc(S(N)(=O)=O)cc1)NCCc1ccco1. The first-order chi connectivity index (χ1) is 13.5. The largest absolute Gasteiger partial charge is 0.469 e. The van der Waals surface area contributed by atoms with Crippen LogP contribution in [0.2, 0.25) is 0 Å². The fraction of sp³-hybridized carbons (Fsp3) is 0.421. The van der Waals surface area contributed by atoms with Gasteiger partial charge in [0.25, 0.3) is 0 Å². The lowest BCUT2D eigenvalue weighted by molar-refractivity contribution is 0.193. The number of guanidine groups is 1. The molecular formula is C19H28N4O4S. The number of sulfonamides is 1. The van der Waals surface area contributed by atoms with Gasteiger partial charge in [-0.05, 0) is 42.7 Å². The van der Waals surface area contributed by atoms with Crippen LogP contribution >= 0.6 is 0 Å². The van der Waals surface area contributed by atoms with E-state index in [0.717, 1.165) is 43.7 Å². The fourth-order valence-corrected chi connectivity index (χ4v) is 2.98. The van der Waals surface area contributed by atoms with Crippen molar-refractivity contribution in [3.63, 3.8) is 0 Å². The molecule has 0 saturated carbocycles. The highest BCUT2D eigenvalue weighted by Gasteiger charge is 2.07. The zero-order chi connectivity index (χ0) is 20.2. The first-order valence-corrected chi connectivity index (χ1v) is 10.7. The number of benzene rings is 1. The van der Waals surface area contributed by atoms with E-state index in [2.05, 4.69) is 15.6 Å². The minimum atomic E-state index is -3.68. The summed E-state index contributed by atoms with van der Waals surface area (Å²) in [5.41, 5.74) is 0.888. The van der Waals surface area contributed by atoms with E-state index in [0.29, 0.717) is 19.0 Å². The summed E-state index contributed by atoms with van der Waals surface area (Å²) in [6.07, 6.45) is 4.35. The fourth-order valence-electron chi connectivity index (χ4n) is 2.47. The number of nitrogens with one attached hydrogen (secondary N) is 2. The van der Waals surface area contributed by atoms with Gasteiger partial charge in [-0.2, -0.15) is 0 Å². The Balaban J connectivity index is 1.91.